The summed E-state index contributed by atoms with van der Waals surface area (Å²) in [5, 5.41) is 9.16. The van der Waals surface area contributed by atoms with Gasteiger partial charge in [0.05, 0.1) is 12.0 Å². The number of ether oxygens (including phenoxy) is 1. The number of nitrogens with zero attached hydrogens (tertiary/aromatic N) is 1. The number of aliphatic carboxylic acids is 1. The van der Waals surface area contributed by atoms with Crippen LogP contribution in [-0.2, 0) is 14.8 Å². The summed E-state index contributed by atoms with van der Waals surface area (Å²) in [6, 6.07) is 4.92. The number of carboxylic acid groups (broad SMARTS) is 1. The Morgan fingerprint density at radius 1 is 1.40 bits per heavy atom. The minimum absolute atomic E-state index is 0.0800. The van der Waals surface area contributed by atoms with Crippen LogP contribution in [0.2, 0.25) is 0 Å². The van der Waals surface area contributed by atoms with Crippen LogP contribution in [0, 0.1) is 0 Å². The first kappa shape index (κ1) is 15.1. The third kappa shape index (κ3) is 2.92. The summed E-state index contributed by atoms with van der Waals surface area (Å²) in [4.78, 5) is 11.3. The van der Waals surface area contributed by atoms with Gasteiger partial charge < -0.3 is 9.84 Å². The number of hydrogen-bond acceptors (Lipinski definition) is 5. The van der Waals surface area contributed by atoms with Crippen molar-refractivity contribution in [2.45, 2.75) is 10.9 Å². The minimum Gasteiger partial charge on any atom is -0.497 e. The Hall–Kier alpha value is -1.25. The first-order valence-electron chi connectivity index (χ1n) is 5.93. The fourth-order valence-electron chi connectivity index (χ4n) is 1.95. The molecule has 1 heterocycles. The van der Waals surface area contributed by atoms with Crippen LogP contribution in [0.4, 0.5) is 0 Å². The second-order valence-corrected chi connectivity index (χ2v) is 7.26. The van der Waals surface area contributed by atoms with Crippen molar-refractivity contribution in [2.75, 3.05) is 25.2 Å². The van der Waals surface area contributed by atoms with E-state index in [0.29, 0.717) is 11.5 Å². The van der Waals surface area contributed by atoms with Crippen molar-refractivity contribution in [3.8, 4) is 5.75 Å². The predicted molar refractivity (Wildman–Crippen MR) is 75.6 cm³/mol. The van der Waals surface area contributed by atoms with Crippen LogP contribution in [0.3, 0.4) is 0 Å². The van der Waals surface area contributed by atoms with E-state index in [9.17, 15) is 13.2 Å². The van der Waals surface area contributed by atoms with Gasteiger partial charge in [-0.15, -0.1) is 0 Å². The molecule has 0 amide bonds. The van der Waals surface area contributed by atoms with E-state index in [2.05, 4.69) is 0 Å². The van der Waals surface area contributed by atoms with Crippen LogP contribution < -0.4 is 4.74 Å². The second-order valence-electron chi connectivity index (χ2n) is 4.22. The molecular formula is C12H15NO5S2. The van der Waals surface area contributed by atoms with Gasteiger partial charge in [0.2, 0.25) is 10.0 Å². The smallest absolute Gasteiger partial charge is 0.322 e. The zero-order chi connectivity index (χ0) is 14.8. The number of carbonyl (C=O) groups is 1. The molecule has 1 aliphatic rings. The number of thioether (sulfide) groups is 1. The van der Waals surface area contributed by atoms with E-state index < -0.39 is 22.0 Å². The molecule has 0 aromatic heterocycles. The fraction of sp³-hybridized carbons (Fsp3) is 0.417. The summed E-state index contributed by atoms with van der Waals surface area (Å²) < 4.78 is 31.1. The van der Waals surface area contributed by atoms with E-state index in [-0.39, 0.29) is 17.2 Å². The molecule has 0 radical (unpaired) electrons. The third-order valence-corrected chi connectivity index (χ3v) is 5.98. The Labute approximate surface area is 121 Å². The Morgan fingerprint density at radius 2 is 2.05 bits per heavy atom. The summed E-state index contributed by atoms with van der Waals surface area (Å²) in [5.74, 6) is 0.298. The quantitative estimate of drug-likeness (QED) is 0.888. The maximum Gasteiger partial charge on any atom is 0.322 e. The van der Waals surface area contributed by atoms with Crippen molar-refractivity contribution in [1.82, 2.24) is 4.31 Å². The molecular weight excluding hydrogens is 302 g/mol. The van der Waals surface area contributed by atoms with Crippen molar-refractivity contribution < 1.29 is 23.1 Å². The fourth-order valence-corrected chi connectivity index (χ4v) is 4.78. The topological polar surface area (TPSA) is 83.9 Å². The molecule has 1 aliphatic heterocycles. The molecule has 20 heavy (non-hydrogen) atoms. The molecule has 1 N–H and O–H groups in total. The zero-order valence-electron chi connectivity index (χ0n) is 10.9. The van der Waals surface area contributed by atoms with Gasteiger partial charge in [-0.05, 0) is 24.3 Å². The predicted octanol–water partition coefficient (Wildman–Crippen LogP) is 0.886. The first-order chi connectivity index (χ1) is 9.46. The maximum atomic E-state index is 12.5. The Bertz CT molecular complexity index is 584. The van der Waals surface area contributed by atoms with Gasteiger partial charge in [0, 0.05) is 18.1 Å². The molecule has 110 valence electrons. The highest BCUT2D eigenvalue weighted by molar-refractivity contribution is 7.99. The normalized spacial score (nSPS) is 20.6. The summed E-state index contributed by atoms with van der Waals surface area (Å²) in [7, 11) is -2.31. The third-order valence-electron chi connectivity index (χ3n) is 3.03. The Kier molecular flexibility index (Phi) is 4.56. The molecule has 0 spiro atoms. The highest BCUT2D eigenvalue weighted by Gasteiger charge is 2.37. The molecule has 0 bridgehead atoms. The van der Waals surface area contributed by atoms with Crippen LogP contribution in [0.25, 0.3) is 0 Å². The average Bonchev–Trinajstić information content (AvgIpc) is 2.47. The monoisotopic (exact) mass is 317 g/mol. The maximum absolute atomic E-state index is 12.5. The van der Waals surface area contributed by atoms with E-state index in [0.717, 1.165) is 4.31 Å². The van der Waals surface area contributed by atoms with Crippen LogP contribution in [0.1, 0.15) is 0 Å². The number of sulfonamides is 1. The van der Waals surface area contributed by atoms with E-state index in [4.69, 9.17) is 9.84 Å². The lowest BCUT2D eigenvalue weighted by molar-refractivity contribution is -0.140. The van der Waals surface area contributed by atoms with Gasteiger partial charge in [-0.25, -0.2) is 8.42 Å². The van der Waals surface area contributed by atoms with E-state index in [1.54, 1.807) is 12.1 Å². The Balaban J connectivity index is 2.34. The molecule has 6 nitrogen and oxygen atoms in total. The molecule has 8 heteroatoms. The number of carboxylic acids is 1. The van der Waals surface area contributed by atoms with Gasteiger partial charge in [-0.3, -0.25) is 4.79 Å². The van der Waals surface area contributed by atoms with Crippen LogP contribution in [0.15, 0.2) is 29.2 Å². The molecule has 1 aromatic rings. The van der Waals surface area contributed by atoms with Gasteiger partial charge in [0.25, 0.3) is 0 Å². The van der Waals surface area contributed by atoms with Crippen molar-refractivity contribution in [1.29, 1.82) is 0 Å². The van der Waals surface area contributed by atoms with Crippen LogP contribution >= 0.6 is 11.8 Å². The SMILES string of the molecule is COc1ccc(S(=O)(=O)N2CCSCC2C(=O)O)cc1. The van der Waals surface area contributed by atoms with Crippen molar-refractivity contribution in [3.05, 3.63) is 24.3 Å². The van der Waals surface area contributed by atoms with Crippen LogP contribution in [-0.4, -0.2) is 55.0 Å². The highest BCUT2D eigenvalue weighted by atomic mass is 32.2. The van der Waals surface area contributed by atoms with Crippen molar-refractivity contribution >= 4 is 27.8 Å². The Morgan fingerprint density at radius 3 is 2.60 bits per heavy atom. The lowest BCUT2D eigenvalue weighted by atomic mass is 10.3. The number of hydrogen-bond donors (Lipinski definition) is 1. The minimum atomic E-state index is -3.80. The average molecular weight is 317 g/mol. The van der Waals surface area contributed by atoms with E-state index in [1.807, 2.05) is 0 Å². The molecule has 0 aliphatic carbocycles. The summed E-state index contributed by atoms with van der Waals surface area (Å²) >= 11 is 1.45. The van der Waals surface area contributed by atoms with Crippen LogP contribution in [0.5, 0.6) is 5.75 Å². The lowest BCUT2D eigenvalue weighted by Gasteiger charge is -2.31. The van der Waals surface area contributed by atoms with Gasteiger partial charge in [-0.2, -0.15) is 16.1 Å². The zero-order valence-corrected chi connectivity index (χ0v) is 12.5. The molecule has 1 unspecified atom stereocenters. The van der Waals surface area contributed by atoms with E-state index in [1.165, 1.54) is 31.0 Å². The van der Waals surface area contributed by atoms with Gasteiger partial charge in [-0.1, -0.05) is 0 Å². The molecule has 1 fully saturated rings. The van der Waals surface area contributed by atoms with Gasteiger partial charge >= 0.3 is 5.97 Å². The van der Waals surface area contributed by atoms with E-state index >= 15 is 0 Å². The number of methoxy groups -OCH3 is 1. The number of benzene rings is 1. The van der Waals surface area contributed by atoms with Crippen molar-refractivity contribution in [3.63, 3.8) is 0 Å². The molecule has 2 rings (SSSR count). The summed E-state index contributed by atoms with van der Waals surface area (Å²) in [6.45, 7) is 0.204. The van der Waals surface area contributed by atoms with Crippen molar-refractivity contribution in [2.24, 2.45) is 0 Å². The van der Waals surface area contributed by atoms with Gasteiger partial charge in [0.15, 0.2) is 0 Å². The largest absolute Gasteiger partial charge is 0.497 e. The standard InChI is InChI=1S/C12H15NO5S2/c1-18-9-2-4-10(5-3-9)20(16,17)13-6-7-19-8-11(13)12(14)15/h2-5,11H,6-8H2,1H3,(H,14,15). The second kappa shape index (κ2) is 6.02. The summed E-state index contributed by atoms with van der Waals surface area (Å²) in [6.07, 6.45) is 0. The molecule has 1 saturated heterocycles. The lowest BCUT2D eigenvalue weighted by Crippen LogP contribution is -2.50. The van der Waals surface area contributed by atoms with Gasteiger partial charge in [0.1, 0.15) is 11.8 Å². The molecule has 0 saturated carbocycles. The summed E-state index contributed by atoms with van der Waals surface area (Å²) in [5.41, 5.74) is 0. The number of rotatable bonds is 4. The highest BCUT2D eigenvalue weighted by Crippen LogP contribution is 2.26. The molecule has 1 aromatic carbocycles. The first-order valence-corrected chi connectivity index (χ1v) is 8.52. The molecule has 1 atom stereocenters.